The lowest BCUT2D eigenvalue weighted by Crippen LogP contribution is -2.49. The maximum absolute atomic E-state index is 13.9. The van der Waals surface area contributed by atoms with Crippen LogP contribution >= 0.6 is 0 Å². The summed E-state index contributed by atoms with van der Waals surface area (Å²) in [6.45, 7) is 2.27. The highest BCUT2D eigenvalue weighted by Crippen LogP contribution is 2.23. The summed E-state index contributed by atoms with van der Waals surface area (Å²) in [6, 6.07) is 7.23. The van der Waals surface area contributed by atoms with Crippen molar-refractivity contribution in [1.82, 2.24) is 14.9 Å². The van der Waals surface area contributed by atoms with Crippen LogP contribution in [0.5, 0.6) is 0 Å². The van der Waals surface area contributed by atoms with Crippen molar-refractivity contribution in [3.8, 4) is 0 Å². The lowest BCUT2D eigenvalue weighted by molar-refractivity contribution is 0.0740. The number of anilines is 2. The van der Waals surface area contributed by atoms with E-state index in [1.165, 1.54) is 12.3 Å². The van der Waals surface area contributed by atoms with E-state index in [2.05, 4.69) is 15.3 Å². The van der Waals surface area contributed by atoms with Crippen molar-refractivity contribution in [2.75, 3.05) is 36.4 Å². The van der Waals surface area contributed by atoms with Gasteiger partial charge in [-0.1, -0.05) is 12.1 Å². The number of benzene rings is 1. The number of para-hydroxylation sites is 1. The average molecular weight is 341 g/mol. The van der Waals surface area contributed by atoms with Crippen LogP contribution in [-0.2, 0) is 0 Å². The van der Waals surface area contributed by atoms with Gasteiger partial charge in [0.1, 0.15) is 17.3 Å². The molecule has 1 saturated carbocycles. The Kier molecular flexibility index (Phi) is 4.21. The summed E-state index contributed by atoms with van der Waals surface area (Å²) in [5.74, 6) is 0.356. The second-order valence-electron chi connectivity index (χ2n) is 6.44. The van der Waals surface area contributed by atoms with Gasteiger partial charge in [-0.25, -0.2) is 14.4 Å². The maximum Gasteiger partial charge on any atom is 0.274 e. The largest absolute Gasteiger partial charge is 0.366 e. The number of carbonyl (C=O) groups excluding carboxylic acids is 1. The first kappa shape index (κ1) is 15.8. The number of amides is 1. The number of aromatic nitrogens is 2. The Morgan fingerprint density at radius 3 is 2.48 bits per heavy atom. The van der Waals surface area contributed by atoms with Crippen LogP contribution in [0.1, 0.15) is 23.3 Å². The molecule has 0 radical (unpaired) electrons. The molecule has 1 aliphatic carbocycles. The molecule has 1 amide bonds. The van der Waals surface area contributed by atoms with Gasteiger partial charge in [0.25, 0.3) is 5.91 Å². The molecule has 0 unspecified atom stereocenters. The van der Waals surface area contributed by atoms with Crippen LogP contribution in [0.15, 0.2) is 36.7 Å². The number of halogens is 1. The molecule has 1 N–H and O–H groups in total. The molecule has 1 aliphatic heterocycles. The Bertz CT molecular complexity index is 754. The molecule has 130 valence electrons. The first-order valence-corrected chi connectivity index (χ1v) is 8.58. The average Bonchev–Trinajstić information content (AvgIpc) is 3.46. The summed E-state index contributed by atoms with van der Waals surface area (Å²) in [7, 11) is 0. The molecule has 2 fully saturated rings. The van der Waals surface area contributed by atoms with E-state index in [9.17, 15) is 9.18 Å². The Morgan fingerprint density at radius 1 is 1.08 bits per heavy atom. The maximum atomic E-state index is 13.9. The second kappa shape index (κ2) is 6.66. The number of hydrogen-bond acceptors (Lipinski definition) is 5. The first-order valence-electron chi connectivity index (χ1n) is 8.58. The Hall–Kier alpha value is -2.70. The third-order valence-corrected chi connectivity index (χ3v) is 4.56. The molecule has 1 saturated heterocycles. The fraction of sp³-hybridized carbons (Fsp3) is 0.389. The summed E-state index contributed by atoms with van der Waals surface area (Å²) in [6.07, 6.45) is 5.46. The van der Waals surface area contributed by atoms with Crippen LogP contribution < -0.4 is 10.2 Å². The molecule has 0 spiro atoms. The van der Waals surface area contributed by atoms with E-state index in [0.717, 1.165) is 12.8 Å². The third-order valence-electron chi connectivity index (χ3n) is 4.56. The number of piperazine rings is 1. The van der Waals surface area contributed by atoms with E-state index in [1.807, 2.05) is 11.0 Å². The minimum atomic E-state index is -0.230. The zero-order chi connectivity index (χ0) is 17.2. The number of rotatable bonds is 4. The van der Waals surface area contributed by atoms with Gasteiger partial charge < -0.3 is 15.1 Å². The molecule has 25 heavy (non-hydrogen) atoms. The zero-order valence-electron chi connectivity index (χ0n) is 13.9. The van der Waals surface area contributed by atoms with E-state index in [1.54, 1.807) is 23.2 Å². The van der Waals surface area contributed by atoms with E-state index < -0.39 is 0 Å². The van der Waals surface area contributed by atoms with Crippen molar-refractivity contribution in [2.45, 2.75) is 18.9 Å². The molecule has 6 nitrogen and oxygen atoms in total. The third kappa shape index (κ3) is 3.55. The van der Waals surface area contributed by atoms with Crippen molar-refractivity contribution in [3.63, 3.8) is 0 Å². The highest BCUT2D eigenvalue weighted by molar-refractivity contribution is 5.92. The van der Waals surface area contributed by atoms with Crippen molar-refractivity contribution < 1.29 is 9.18 Å². The van der Waals surface area contributed by atoms with Gasteiger partial charge in [0.2, 0.25) is 0 Å². The van der Waals surface area contributed by atoms with Gasteiger partial charge in [-0.2, -0.15) is 0 Å². The van der Waals surface area contributed by atoms with Gasteiger partial charge in [0.05, 0.1) is 18.1 Å². The van der Waals surface area contributed by atoms with Gasteiger partial charge in [-0.3, -0.25) is 4.79 Å². The van der Waals surface area contributed by atoms with Gasteiger partial charge in [-0.15, -0.1) is 0 Å². The molecule has 1 aromatic carbocycles. The highest BCUT2D eigenvalue weighted by atomic mass is 19.1. The molecule has 4 rings (SSSR count). The van der Waals surface area contributed by atoms with Crippen LogP contribution in [-0.4, -0.2) is 53.0 Å². The normalized spacial score (nSPS) is 17.5. The Labute approximate surface area is 145 Å². The summed E-state index contributed by atoms with van der Waals surface area (Å²) < 4.78 is 13.9. The summed E-state index contributed by atoms with van der Waals surface area (Å²) in [5, 5.41) is 3.25. The minimum absolute atomic E-state index is 0.126. The van der Waals surface area contributed by atoms with Gasteiger partial charge in [-0.05, 0) is 25.0 Å². The van der Waals surface area contributed by atoms with Crippen LogP contribution in [0.2, 0.25) is 0 Å². The molecule has 1 aromatic heterocycles. The van der Waals surface area contributed by atoms with Crippen molar-refractivity contribution >= 4 is 17.4 Å². The lowest BCUT2D eigenvalue weighted by atomic mass is 10.2. The van der Waals surface area contributed by atoms with Gasteiger partial charge in [0, 0.05) is 32.2 Å². The number of hydrogen-bond donors (Lipinski definition) is 1. The van der Waals surface area contributed by atoms with E-state index in [0.29, 0.717) is 49.4 Å². The fourth-order valence-electron chi connectivity index (χ4n) is 2.97. The van der Waals surface area contributed by atoms with Crippen LogP contribution in [0.4, 0.5) is 15.9 Å². The smallest absolute Gasteiger partial charge is 0.274 e. The van der Waals surface area contributed by atoms with E-state index in [-0.39, 0.29) is 11.7 Å². The molecule has 7 heteroatoms. The molecule has 0 bridgehead atoms. The van der Waals surface area contributed by atoms with Crippen molar-refractivity contribution in [1.29, 1.82) is 0 Å². The fourth-order valence-corrected chi connectivity index (χ4v) is 2.97. The van der Waals surface area contributed by atoms with Gasteiger partial charge in [0.15, 0.2) is 0 Å². The predicted molar refractivity (Wildman–Crippen MR) is 93.2 cm³/mol. The highest BCUT2D eigenvalue weighted by Gasteiger charge is 2.25. The standard InChI is InChI=1S/C18H20FN5O/c19-14-3-1-2-4-16(14)23-7-9-24(10-8-23)18(25)15-11-21-17(12-20-15)22-13-5-6-13/h1-4,11-13H,5-10H2,(H,21,22). The topological polar surface area (TPSA) is 61.4 Å². The van der Waals surface area contributed by atoms with Crippen LogP contribution in [0.25, 0.3) is 0 Å². The van der Waals surface area contributed by atoms with E-state index >= 15 is 0 Å². The summed E-state index contributed by atoms with van der Waals surface area (Å²) in [4.78, 5) is 24.8. The Balaban J connectivity index is 1.36. The molecular formula is C18H20FN5O. The molecule has 2 heterocycles. The number of nitrogens with one attached hydrogen (secondary N) is 1. The van der Waals surface area contributed by atoms with Crippen molar-refractivity contribution in [3.05, 3.63) is 48.2 Å². The van der Waals surface area contributed by atoms with Crippen LogP contribution in [0.3, 0.4) is 0 Å². The first-order chi connectivity index (χ1) is 12.2. The van der Waals surface area contributed by atoms with Gasteiger partial charge >= 0.3 is 0 Å². The second-order valence-corrected chi connectivity index (χ2v) is 6.44. The quantitative estimate of drug-likeness (QED) is 0.923. The van der Waals surface area contributed by atoms with Crippen molar-refractivity contribution in [2.24, 2.45) is 0 Å². The lowest BCUT2D eigenvalue weighted by Gasteiger charge is -2.36. The zero-order valence-corrected chi connectivity index (χ0v) is 13.9. The Morgan fingerprint density at radius 2 is 1.84 bits per heavy atom. The monoisotopic (exact) mass is 341 g/mol. The van der Waals surface area contributed by atoms with E-state index in [4.69, 9.17) is 0 Å². The molecule has 2 aliphatic rings. The summed E-state index contributed by atoms with van der Waals surface area (Å²) in [5.41, 5.74) is 0.936. The number of nitrogens with zero attached hydrogens (tertiary/aromatic N) is 4. The molecule has 0 atom stereocenters. The minimum Gasteiger partial charge on any atom is -0.366 e. The number of carbonyl (C=O) groups is 1. The molecule has 2 aromatic rings. The predicted octanol–water partition coefficient (Wildman–Crippen LogP) is 2.15. The summed E-state index contributed by atoms with van der Waals surface area (Å²) >= 11 is 0. The SMILES string of the molecule is O=C(c1cnc(NC2CC2)cn1)N1CCN(c2ccccc2F)CC1. The van der Waals surface area contributed by atoms with Crippen LogP contribution in [0, 0.1) is 5.82 Å². The molecular weight excluding hydrogens is 321 g/mol.